The standard InChI is InChI=1S/C25H31FN2O4/c1-17(24(30)27-25(2,3)4)28(16-19-5-9-20(26)10-6-19)23(29)12-8-18-7-11-21-22(15-18)32-14-13-31-21/h5-7,9-11,15,17H,8,12-14,16H2,1-4H3,(H,27,30)/t17-/m1/s1. The summed E-state index contributed by atoms with van der Waals surface area (Å²) in [5.74, 6) is 0.663. The van der Waals surface area contributed by atoms with Gasteiger partial charge in [0.05, 0.1) is 0 Å². The van der Waals surface area contributed by atoms with Gasteiger partial charge in [-0.3, -0.25) is 9.59 Å². The Morgan fingerprint density at radius 2 is 1.66 bits per heavy atom. The van der Waals surface area contributed by atoms with E-state index in [2.05, 4.69) is 5.32 Å². The number of carbonyl (C=O) groups is 2. The Morgan fingerprint density at radius 3 is 2.31 bits per heavy atom. The number of aryl methyl sites for hydroxylation is 1. The topological polar surface area (TPSA) is 67.9 Å². The molecule has 32 heavy (non-hydrogen) atoms. The van der Waals surface area contributed by atoms with Gasteiger partial charge in [-0.25, -0.2) is 4.39 Å². The molecule has 3 rings (SSSR count). The Hall–Kier alpha value is -3.09. The Labute approximate surface area is 188 Å². The number of amides is 2. The molecule has 0 saturated carbocycles. The molecule has 0 saturated heterocycles. The molecule has 0 spiro atoms. The van der Waals surface area contributed by atoms with Gasteiger partial charge >= 0.3 is 0 Å². The van der Waals surface area contributed by atoms with Crippen molar-refractivity contribution in [2.45, 2.75) is 58.7 Å². The number of hydrogen-bond acceptors (Lipinski definition) is 4. The second-order valence-electron chi connectivity index (χ2n) is 9.04. The molecule has 1 heterocycles. The third-order valence-electron chi connectivity index (χ3n) is 5.17. The van der Waals surface area contributed by atoms with Crippen LogP contribution in [0.25, 0.3) is 0 Å². The van der Waals surface area contributed by atoms with E-state index in [0.29, 0.717) is 31.1 Å². The molecule has 1 N–H and O–H groups in total. The van der Waals surface area contributed by atoms with E-state index in [4.69, 9.17) is 9.47 Å². The van der Waals surface area contributed by atoms with Gasteiger partial charge in [0.1, 0.15) is 25.1 Å². The van der Waals surface area contributed by atoms with Gasteiger partial charge in [0.2, 0.25) is 11.8 Å². The van der Waals surface area contributed by atoms with Gasteiger partial charge < -0.3 is 19.7 Å². The number of benzene rings is 2. The summed E-state index contributed by atoms with van der Waals surface area (Å²) in [6.45, 7) is 8.65. The number of hydrogen-bond donors (Lipinski definition) is 1. The second-order valence-corrected chi connectivity index (χ2v) is 9.04. The molecule has 2 aromatic rings. The number of ether oxygens (including phenoxy) is 2. The molecule has 0 aromatic heterocycles. The highest BCUT2D eigenvalue weighted by Gasteiger charge is 2.28. The van der Waals surface area contributed by atoms with Crippen LogP contribution in [0.4, 0.5) is 4.39 Å². The highest BCUT2D eigenvalue weighted by atomic mass is 19.1. The molecular formula is C25H31FN2O4. The highest BCUT2D eigenvalue weighted by Crippen LogP contribution is 2.31. The largest absolute Gasteiger partial charge is 0.486 e. The Kier molecular flexibility index (Phi) is 7.38. The smallest absolute Gasteiger partial charge is 0.242 e. The Balaban J connectivity index is 1.73. The van der Waals surface area contributed by atoms with Gasteiger partial charge in [0.15, 0.2) is 11.5 Å². The molecule has 0 fully saturated rings. The first-order chi connectivity index (χ1) is 15.1. The molecule has 1 aliphatic rings. The molecule has 1 atom stereocenters. The number of nitrogens with one attached hydrogen (secondary N) is 1. The van der Waals surface area contributed by atoms with Gasteiger partial charge in [-0.15, -0.1) is 0 Å². The first kappa shape index (κ1) is 23.6. The van der Waals surface area contributed by atoms with Crippen LogP contribution in [0, 0.1) is 5.82 Å². The predicted octanol–water partition coefficient (Wildman–Crippen LogP) is 3.86. The Morgan fingerprint density at radius 1 is 1.03 bits per heavy atom. The van der Waals surface area contributed by atoms with E-state index < -0.39 is 11.6 Å². The fourth-order valence-electron chi connectivity index (χ4n) is 3.48. The normalized spacial score (nSPS) is 13.9. The third-order valence-corrected chi connectivity index (χ3v) is 5.17. The van der Waals surface area contributed by atoms with Crippen molar-refractivity contribution in [3.63, 3.8) is 0 Å². The van der Waals surface area contributed by atoms with Crippen LogP contribution in [-0.4, -0.2) is 41.5 Å². The van der Waals surface area contributed by atoms with E-state index in [1.165, 1.54) is 12.1 Å². The van der Waals surface area contributed by atoms with Crippen molar-refractivity contribution in [1.29, 1.82) is 0 Å². The number of nitrogens with zero attached hydrogens (tertiary/aromatic N) is 1. The van der Waals surface area contributed by atoms with E-state index in [-0.39, 0.29) is 30.6 Å². The average molecular weight is 443 g/mol. The first-order valence-electron chi connectivity index (χ1n) is 10.9. The summed E-state index contributed by atoms with van der Waals surface area (Å²) in [7, 11) is 0. The van der Waals surface area contributed by atoms with Gasteiger partial charge in [0, 0.05) is 18.5 Å². The zero-order chi connectivity index (χ0) is 23.3. The van der Waals surface area contributed by atoms with Crippen molar-refractivity contribution in [2.75, 3.05) is 13.2 Å². The molecule has 0 unspecified atom stereocenters. The molecule has 6 nitrogen and oxygen atoms in total. The summed E-state index contributed by atoms with van der Waals surface area (Å²) in [5, 5.41) is 2.93. The lowest BCUT2D eigenvalue weighted by Gasteiger charge is -2.31. The molecule has 1 aliphatic heterocycles. The highest BCUT2D eigenvalue weighted by molar-refractivity contribution is 5.87. The zero-order valence-electron chi connectivity index (χ0n) is 19.1. The number of rotatable bonds is 7. The van der Waals surface area contributed by atoms with Crippen molar-refractivity contribution in [2.24, 2.45) is 0 Å². The predicted molar refractivity (Wildman–Crippen MR) is 120 cm³/mol. The quantitative estimate of drug-likeness (QED) is 0.707. The van der Waals surface area contributed by atoms with E-state index in [9.17, 15) is 14.0 Å². The molecule has 0 aliphatic carbocycles. The van der Waals surface area contributed by atoms with Crippen LogP contribution >= 0.6 is 0 Å². The molecule has 2 aromatic carbocycles. The molecule has 0 bridgehead atoms. The maximum Gasteiger partial charge on any atom is 0.242 e. The van der Waals surface area contributed by atoms with Crippen LogP contribution in [-0.2, 0) is 22.6 Å². The van der Waals surface area contributed by atoms with Crippen molar-refractivity contribution in [3.05, 3.63) is 59.4 Å². The average Bonchev–Trinajstić information content (AvgIpc) is 2.75. The monoisotopic (exact) mass is 442 g/mol. The van der Waals surface area contributed by atoms with E-state index in [1.807, 2.05) is 39.0 Å². The minimum Gasteiger partial charge on any atom is -0.486 e. The van der Waals surface area contributed by atoms with Crippen molar-refractivity contribution in [3.8, 4) is 11.5 Å². The van der Waals surface area contributed by atoms with Crippen LogP contribution in [0.15, 0.2) is 42.5 Å². The van der Waals surface area contributed by atoms with Gasteiger partial charge in [-0.2, -0.15) is 0 Å². The lowest BCUT2D eigenvalue weighted by atomic mass is 10.1. The van der Waals surface area contributed by atoms with E-state index in [0.717, 1.165) is 11.1 Å². The third kappa shape index (κ3) is 6.45. The van der Waals surface area contributed by atoms with Crippen molar-refractivity contribution < 1.29 is 23.5 Å². The van der Waals surface area contributed by atoms with Crippen LogP contribution < -0.4 is 14.8 Å². The number of halogens is 1. The van der Waals surface area contributed by atoms with Crippen molar-refractivity contribution in [1.82, 2.24) is 10.2 Å². The maximum absolute atomic E-state index is 13.3. The molecule has 172 valence electrons. The summed E-state index contributed by atoms with van der Waals surface area (Å²) in [6.07, 6.45) is 0.733. The zero-order valence-corrected chi connectivity index (χ0v) is 19.1. The molecule has 0 radical (unpaired) electrons. The minimum absolute atomic E-state index is 0.152. The van der Waals surface area contributed by atoms with Gasteiger partial charge in [0.25, 0.3) is 0 Å². The molecular weight excluding hydrogens is 411 g/mol. The van der Waals surface area contributed by atoms with Gasteiger partial charge in [-0.05, 0) is 69.5 Å². The van der Waals surface area contributed by atoms with Crippen LogP contribution in [0.3, 0.4) is 0 Å². The number of carbonyl (C=O) groups excluding carboxylic acids is 2. The van der Waals surface area contributed by atoms with Gasteiger partial charge in [-0.1, -0.05) is 18.2 Å². The minimum atomic E-state index is -0.674. The fraction of sp³-hybridized carbons (Fsp3) is 0.440. The number of fused-ring (bicyclic) bond motifs is 1. The Bertz CT molecular complexity index is 953. The fourth-order valence-corrected chi connectivity index (χ4v) is 3.48. The lowest BCUT2D eigenvalue weighted by molar-refractivity contribution is -0.141. The summed E-state index contributed by atoms with van der Waals surface area (Å²) in [6, 6.07) is 11.0. The second kappa shape index (κ2) is 10.0. The van der Waals surface area contributed by atoms with Crippen LogP contribution in [0.1, 0.15) is 45.2 Å². The summed E-state index contributed by atoms with van der Waals surface area (Å²) in [5.41, 5.74) is 1.30. The molecule has 7 heteroatoms. The summed E-state index contributed by atoms with van der Waals surface area (Å²) in [4.78, 5) is 27.5. The van der Waals surface area contributed by atoms with E-state index in [1.54, 1.807) is 24.0 Å². The SMILES string of the molecule is C[C@H](C(=O)NC(C)(C)C)N(Cc1ccc(F)cc1)C(=O)CCc1ccc2c(c1)OCCO2. The van der Waals surface area contributed by atoms with Crippen LogP contribution in [0.2, 0.25) is 0 Å². The van der Waals surface area contributed by atoms with Crippen molar-refractivity contribution >= 4 is 11.8 Å². The maximum atomic E-state index is 13.3. The van der Waals surface area contributed by atoms with Crippen LogP contribution in [0.5, 0.6) is 11.5 Å². The van der Waals surface area contributed by atoms with E-state index >= 15 is 0 Å². The summed E-state index contributed by atoms with van der Waals surface area (Å²) < 4.78 is 24.5. The summed E-state index contributed by atoms with van der Waals surface area (Å²) >= 11 is 0. The molecule has 2 amide bonds. The lowest BCUT2D eigenvalue weighted by Crippen LogP contribution is -2.52. The first-order valence-corrected chi connectivity index (χ1v) is 10.9.